The van der Waals surface area contributed by atoms with Gasteiger partial charge in [-0.3, -0.25) is 10.1 Å². The molecule has 4 aliphatic rings. The third-order valence-electron chi connectivity index (χ3n) is 5.94. The van der Waals surface area contributed by atoms with Crippen LogP contribution in [0.3, 0.4) is 0 Å². The molecule has 2 heterocycles. The zero-order valence-electron chi connectivity index (χ0n) is 16.7. The van der Waals surface area contributed by atoms with E-state index >= 15 is 0 Å². The number of hydrogen-bond acceptors (Lipinski definition) is 6. The molecule has 4 rings (SSSR count). The number of nitrogens with zero attached hydrogens (tertiary/aromatic N) is 1. The smallest absolute Gasteiger partial charge is 0.132 e. The molecule has 6 heteroatoms. The fraction of sp³-hybridized carbons (Fsp3) is 0.905. The third kappa shape index (κ3) is 8.27. The zero-order valence-corrected chi connectivity index (χ0v) is 16.7. The van der Waals surface area contributed by atoms with Crippen molar-refractivity contribution in [2.45, 2.75) is 69.7 Å². The first-order valence-corrected chi connectivity index (χ1v) is 10.7. The van der Waals surface area contributed by atoms with E-state index in [-0.39, 0.29) is 5.54 Å². The average Bonchev–Trinajstić information content (AvgIpc) is 3.50. The van der Waals surface area contributed by atoms with E-state index in [2.05, 4.69) is 11.4 Å². The lowest BCUT2D eigenvalue weighted by Crippen LogP contribution is -2.43. The van der Waals surface area contributed by atoms with Crippen LogP contribution in [0, 0.1) is 23.2 Å². The highest BCUT2D eigenvalue weighted by Crippen LogP contribution is 2.29. The minimum atomic E-state index is -0.206. The van der Waals surface area contributed by atoms with Gasteiger partial charge in [-0.05, 0) is 56.9 Å². The summed E-state index contributed by atoms with van der Waals surface area (Å²) in [6, 6.07) is 2.45. The molecule has 0 spiro atoms. The monoisotopic (exact) mass is 379 g/mol. The lowest BCUT2D eigenvalue weighted by molar-refractivity contribution is -0.117. The quantitative estimate of drug-likeness (QED) is 0.779. The van der Waals surface area contributed by atoms with Crippen LogP contribution in [0.15, 0.2) is 0 Å². The Balaban J connectivity index is 0.000000167. The molecule has 2 atom stereocenters. The van der Waals surface area contributed by atoms with E-state index in [9.17, 15) is 4.79 Å². The number of nitrogens with two attached hydrogens (primary N) is 1. The lowest BCUT2D eigenvalue weighted by Gasteiger charge is -2.23. The molecule has 0 aromatic rings. The van der Waals surface area contributed by atoms with Crippen LogP contribution in [0.25, 0.3) is 0 Å². The highest BCUT2D eigenvalue weighted by Gasteiger charge is 2.34. The first kappa shape index (κ1) is 22.3. The van der Waals surface area contributed by atoms with Crippen LogP contribution >= 0.6 is 0 Å². The van der Waals surface area contributed by atoms with Gasteiger partial charge in [-0.1, -0.05) is 12.8 Å². The van der Waals surface area contributed by atoms with Gasteiger partial charge in [-0.25, -0.2) is 0 Å². The van der Waals surface area contributed by atoms with Crippen molar-refractivity contribution in [3.8, 4) is 6.07 Å². The van der Waals surface area contributed by atoms with Crippen molar-refractivity contribution in [3.05, 3.63) is 0 Å². The van der Waals surface area contributed by atoms with Crippen molar-refractivity contribution in [1.29, 1.82) is 5.26 Å². The van der Waals surface area contributed by atoms with Crippen LogP contribution in [0.4, 0.5) is 0 Å². The number of hydrogen-bond donors (Lipinski definition) is 2. The molecule has 0 bridgehead atoms. The first-order valence-electron chi connectivity index (χ1n) is 10.7. The Morgan fingerprint density at radius 1 is 1.04 bits per heavy atom. The number of nitriles is 1. The maximum Gasteiger partial charge on any atom is 0.132 e. The largest absolute Gasteiger partial charge is 0.381 e. The Hall–Kier alpha value is -1.00. The number of Topliss-reactive ketones (excluding diaryl/α,β-unsaturated/α-hetero) is 1. The van der Waals surface area contributed by atoms with Crippen LogP contribution < -0.4 is 11.1 Å². The molecule has 154 valence electrons. The molecule has 0 aromatic carbocycles. The van der Waals surface area contributed by atoms with E-state index in [1.54, 1.807) is 0 Å². The fourth-order valence-electron chi connectivity index (χ4n) is 3.93. The summed E-state index contributed by atoms with van der Waals surface area (Å²) in [5, 5.41) is 12.6. The summed E-state index contributed by atoms with van der Waals surface area (Å²) in [6.07, 6.45) is 10.7. The van der Waals surface area contributed by atoms with Gasteiger partial charge in [0.15, 0.2) is 0 Å². The minimum Gasteiger partial charge on any atom is -0.381 e. The van der Waals surface area contributed by atoms with Gasteiger partial charge in [-0.2, -0.15) is 5.26 Å². The molecule has 0 amide bonds. The van der Waals surface area contributed by atoms with Crippen molar-refractivity contribution < 1.29 is 14.3 Å². The second-order valence-corrected chi connectivity index (χ2v) is 8.22. The second kappa shape index (κ2) is 12.5. The van der Waals surface area contributed by atoms with Gasteiger partial charge in [0.2, 0.25) is 0 Å². The molecule has 4 fully saturated rings. The number of ether oxygens (including phenoxy) is 2. The highest BCUT2D eigenvalue weighted by molar-refractivity contribution is 5.80. The number of rotatable bonds is 4. The SMILES string of the molecule is N#CC1(NCC2CCOC2)CCCC1.NCC1CCOC1.O=C1CCCC1. The summed E-state index contributed by atoms with van der Waals surface area (Å²) in [7, 11) is 0. The average molecular weight is 380 g/mol. The van der Waals surface area contributed by atoms with E-state index in [4.69, 9.17) is 20.5 Å². The maximum absolute atomic E-state index is 10.2. The molecule has 2 unspecified atom stereocenters. The van der Waals surface area contributed by atoms with Crippen LogP contribution in [0.2, 0.25) is 0 Å². The van der Waals surface area contributed by atoms with Gasteiger partial charge in [0.1, 0.15) is 11.3 Å². The van der Waals surface area contributed by atoms with Crippen molar-refractivity contribution in [2.75, 3.05) is 39.5 Å². The molecule has 27 heavy (non-hydrogen) atoms. The normalized spacial score (nSPS) is 28.8. The zero-order chi connectivity index (χ0) is 19.4. The number of carbonyl (C=O) groups is 1. The van der Waals surface area contributed by atoms with Crippen LogP contribution in [-0.2, 0) is 14.3 Å². The van der Waals surface area contributed by atoms with E-state index < -0.39 is 0 Å². The summed E-state index contributed by atoms with van der Waals surface area (Å²) in [5.74, 6) is 1.73. The molecule has 3 N–H and O–H groups in total. The predicted octanol–water partition coefficient (Wildman–Crippen LogP) is 2.56. The molecule has 0 radical (unpaired) electrons. The third-order valence-corrected chi connectivity index (χ3v) is 5.94. The van der Waals surface area contributed by atoms with Gasteiger partial charge >= 0.3 is 0 Å². The summed E-state index contributed by atoms with van der Waals surface area (Å²) >= 11 is 0. The van der Waals surface area contributed by atoms with Crippen LogP contribution in [-0.4, -0.2) is 50.8 Å². The second-order valence-electron chi connectivity index (χ2n) is 8.22. The van der Waals surface area contributed by atoms with E-state index in [0.29, 0.717) is 17.6 Å². The van der Waals surface area contributed by atoms with E-state index in [1.165, 1.54) is 12.8 Å². The Kier molecular flexibility index (Phi) is 10.3. The minimum absolute atomic E-state index is 0.206. The maximum atomic E-state index is 10.2. The summed E-state index contributed by atoms with van der Waals surface area (Å²) in [5.41, 5.74) is 5.15. The number of ketones is 1. The highest BCUT2D eigenvalue weighted by atomic mass is 16.5. The molecule has 2 aliphatic heterocycles. The summed E-state index contributed by atoms with van der Waals surface area (Å²) in [6.45, 7) is 5.31. The number of nitrogens with one attached hydrogen (secondary N) is 1. The van der Waals surface area contributed by atoms with Crippen molar-refractivity contribution >= 4 is 5.78 Å². The molecular formula is C21H37N3O3. The molecule has 2 saturated carbocycles. The summed E-state index contributed by atoms with van der Waals surface area (Å²) < 4.78 is 10.4. The Morgan fingerprint density at radius 3 is 2.00 bits per heavy atom. The Bertz CT molecular complexity index is 452. The fourth-order valence-corrected chi connectivity index (χ4v) is 3.93. The Labute approximate surface area is 164 Å². The van der Waals surface area contributed by atoms with Crippen molar-refractivity contribution in [2.24, 2.45) is 17.6 Å². The predicted molar refractivity (Wildman–Crippen MR) is 105 cm³/mol. The molecule has 2 aliphatic carbocycles. The standard InChI is InChI=1S/C11H18N2O.C5H11NO.C5H8O/c12-9-11(4-1-2-5-11)13-7-10-3-6-14-8-10;6-3-5-1-2-7-4-5;6-5-3-1-2-4-5/h10,13H,1-8H2;5H,1-4,6H2;1-4H2. The molecule has 6 nitrogen and oxygen atoms in total. The number of carbonyl (C=O) groups excluding carboxylic acids is 1. The van der Waals surface area contributed by atoms with Gasteiger partial charge in [-0.15, -0.1) is 0 Å². The van der Waals surface area contributed by atoms with Crippen LogP contribution in [0.5, 0.6) is 0 Å². The van der Waals surface area contributed by atoms with E-state index in [1.807, 2.05) is 0 Å². The van der Waals surface area contributed by atoms with E-state index in [0.717, 1.165) is 90.9 Å². The molecule has 2 saturated heterocycles. The van der Waals surface area contributed by atoms with Gasteiger partial charge in [0.25, 0.3) is 0 Å². The lowest BCUT2D eigenvalue weighted by atomic mass is 9.98. The van der Waals surface area contributed by atoms with Crippen LogP contribution in [0.1, 0.15) is 64.2 Å². The topological polar surface area (TPSA) is 97.4 Å². The molecular weight excluding hydrogens is 342 g/mol. The first-order chi connectivity index (χ1) is 13.2. The Morgan fingerprint density at radius 2 is 1.63 bits per heavy atom. The van der Waals surface area contributed by atoms with Gasteiger partial charge in [0, 0.05) is 32.6 Å². The molecule has 0 aromatic heterocycles. The summed E-state index contributed by atoms with van der Waals surface area (Å²) in [4.78, 5) is 10.2. The van der Waals surface area contributed by atoms with Crippen molar-refractivity contribution in [3.63, 3.8) is 0 Å². The van der Waals surface area contributed by atoms with Gasteiger partial charge in [0.05, 0.1) is 19.3 Å². The van der Waals surface area contributed by atoms with Gasteiger partial charge < -0.3 is 15.2 Å². The van der Waals surface area contributed by atoms with Crippen molar-refractivity contribution in [1.82, 2.24) is 5.32 Å².